The van der Waals surface area contributed by atoms with Crippen LogP contribution in [0.5, 0.6) is 11.5 Å². The molecule has 0 bridgehead atoms. The molecule has 3 aromatic rings. The Labute approximate surface area is 254 Å². The van der Waals surface area contributed by atoms with Crippen LogP contribution in [0.25, 0.3) is 0 Å². The molecule has 0 atom stereocenters. The molecule has 3 aliphatic rings. The van der Waals surface area contributed by atoms with Gasteiger partial charge in [-0.15, -0.1) is 0 Å². The van der Waals surface area contributed by atoms with Crippen LogP contribution >= 0.6 is 15.9 Å². The van der Waals surface area contributed by atoms with Gasteiger partial charge < -0.3 is 14.4 Å². The van der Waals surface area contributed by atoms with Gasteiger partial charge in [-0.3, -0.25) is 9.59 Å². The fourth-order valence-corrected chi connectivity index (χ4v) is 7.06. The molecule has 0 fully saturated rings. The number of rotatable bonds is 8. The van der Waals surface area contributed by atoms with Gasteiger partial charge in [0.05, 0.1) is 11.6 Å². The molecule has 5 nitrogen and oxygen atoms in total. The number of Topliss-reactive ketones (excluding diaryl/α,β-unsaturated/α-hetero) is 2. The molecule has 216 valence electrons. The van der Waals surface area contributed by atoms with Crippen molar-refractivity contribution in [1.29, 1.82) is 0 Å². The molecule has 0 saturated carbocycles. The van der Waals surface area contributed by atoms with Gasteiger partial charge in [-0.05, 0) is 89.0 Å². The molecule has 0 N–H and O–H groups in total. The zero-order valence-corrected chi connectivity index (χ0v) is 25.2. The first kappa shape index (κ1) is 28.4. The fraction of sp³-hybridized carbons (Fsp3) is 0.314. The number of ketones is 2. The van der Waals surface area contributed by atoms with Crippen molar-refractivity contribution in [2.24, 2.45) is 0 Å². The summed E-state index contributed by atoms with van der Waals surface area (Å²) >= 11 is 3.68. The summed E-state index contributed by atoms with van der Waals surface area (Å²) in [5.41, 5.74) is 6.51. The highest BCUT2D eigenvalue weighted by Crippen LogP contribution is 2.51. The lowest BCUT2D eigenvalue weighted by molar-refractivity contribution is -0.117. The molecule has 1 aliphatic heterocycles. The molecule has 2 aliphatic carbocycles. The van der Waals surface area contributed by atoms with E-state index in [-0.39, 0.29) is 24.0 Å². The van der Waals surface area contributed by atoms with E-state index in [0.29, 0.717) is 28.8 Å². The van der Waals surface area contributed by atoms with Crippen LogP contribution < -0.4 is 9.47 Å². The van der Waals surface area contributed by atoms with Crippen LogP contribution in [0.3, 0.4) is 0 Å². The van der Waals surface area contributed by atoms with Crippen molar-refractivity contribution < 1.29 is 23.5 Å². The number of ether oxygens (including phenoxy) is 2. The minimum absolute atomic E-state index is 0.114. The van der Waals surface area contributed by atoms with Crippen molar-refractivity contribution in [3.8, 4) is 11.5 Å². The topological polar surface area (TPSA) is 55.8 Å². The number of nitrogens with zero attached hydrogens (tertiary/aromatic N) is 1. The number of carbonyl (C=O) groups is 2. The van der Waals surface area contributed by atoms with Crippen molar-refractivity contribution >= 4 is 27.5 Å². The van der Waals surface area contributed by atoms with E-state index in [1.54, 1.807) is 19.2 Å². The minimum Gasteiger partial charge on any atom is -0.493 e. The van der Waals surface area contributed by atoms with Crippen LogP contribution in [0.15, 0.2) is 93.7 Å². The second-order valence-electron chi connectivity index (χ2n) is 11.0. The zero-order valence-electron chi connectivity index (χ0n) is 23.6. The minimum atomic E-state index is -0.445. The summed E-state index contributed by atoms with van der Waals surface area (Å²) in [7, 11) is 1.58. The predicted molar refractivity (Wildman–Crippen MR) is 163 cm³/mol. The number of hydrogen-bond donors (Lipinski definition) is 0. The molecular formula is C35H33BrFNO4. The Balaban J connectivity index is 1.40. The number of allylic oxidation sites excluding steroid dienone is 4. The van der Waals surface area contributed by atoms with Gasteiger partial charge in [0, 0.05) is 47.8 Å². The first-order valence-corrected chi connectivity index (χ1v) is 15.3. The van der Waals surface area contributed by atoms with Crippen molar-refractivity contribution in [2.75, 3.05) is 13.7 Å². The van der Waals surface area contributed by atoms with Crippen molar-refractivity contribution in [3.05, 3.63) is 116 Å². The van der Waals surface area contributed by atoms with E-state index >= 15 is 0 Å². The second-order valence-corrected chi connectivity index (χ2v) is 11.9. The third kappa shape index (κ3) is 5.54. The number of carbonyl (C=O) groups excluding carboxylic acids is 2. The lowest BCUT2D eigenvalue weighted by Crippen LogP contribution is -2.40. The van der Waals surface area contributed by atoms with Gasteiger partial charge in [0.2, 0.25) is 0 Å². The Bertz CT molecular complexity index is 1530. The first-order valence-electron chi connectivity index (χ1n) is 14.5. The average Bonchev–Trinajstić information content (AvgIpc) is 3.00. The summed E-state index contributed by atoms with van der Waals surface area (Å²) in [6.07, 6.45) is 5.05. The molecule has 0 amide bonds. The zero-order chi connectivity index (χ0) is 29.2. The Hall–Kier alpha value is -3.71. The third-order valence-electron chi connectivity index (χ3n) is 8.43. The summed E-state index contributed by atoms with van der Waals surface area (Å²) in [6, 6.07) is 20.4. The van der Waals surface area contributed by atoms with Crippen LogP contribution in [0.2, 0.25) is 0 Å². The molecule has 0 radical (unpaired) electrons. The second kappa shape index (κ2) is 12.3. The Morgan fingerprint density at radius 3 is 2.12 bits per heavy atom. The SMILES string of the molecule is COc1cc(C2C3=C(CCCC3=O)N(CCc3ccccc3)C3=C2C(=O)CCC3)cc(Br)c1OCc1ccc(F)cc1. The van der Waals surface area contributed by atoms with Crippen LogP contribution in [-0.2, 0) is 22.6 Å². The lowest BCUT2D eigenvalue weighted by atomic mass is 9.71. The monoisotopic (exact) mass is 629 g/mol. The highest BCUT2D eigenvalue weighted by Gasteiger charge is 2.43. The molecule has 42 heavy (non-hydrogen) atoms. The molecule has 3 aromatic carbocycles. The largest absolute Gasteiger partial charge is 0.493 e. The maximum Gasteiger partial charge on any atom is 0.175 e. The molecule has 0 saturated heterocycles. The van der Waals surface area contributed by atoms with Gasteiger partial charge in [-0.1, -0.05) is 42.5 Å². The maximum absolute atomic E-state index is 13.7. The molecule has 7 heteroatoms. The third-order valence-corrected chi connectivity index (χ3v) is 9.02. The van der Waals surface area contributed by atoms with E-state index in [9.17, 15) is 14.0 Å². The number of halogens is 2. The van der Waals surface area contributed by atoms with Gasteiger partial charge in [-0.2, -0.15) is 0 Å². The Morgan fingerprint density at radius 2 is 1.50 bits per heavy atom. The Kier molecular flexibility index (Phi) is 8.29. The summed E-state index contributed by atoms with van der Waals surface area (Å²) in [6.45, 7) is 0.966. The molecule has 0 unspecified atom stereocenters. The smallest absolute Gasteiger partial charge is 0.175 e. The van der Waals surface area contributed by atoms with E-state index < -0.39 is 5.92 Å². The van der Waals surface area contributed by atoms with Gasteiger partial charge in [0.1, 0.15) is 12.4 Å². The normalized spacial score (nSPS) is 17.4. The molecular weight excluding hydrogens is 597 g/mol. The van der Waals surface area contributed by atoms with E-state index in [2.05, 4.69) is 33.0 Å². The fourth-order valence-electron chi connectivity index (χ4n) is 6.49. The Morgan fingerprint density at radius 1 is 0.857 bits per heavy atom. The summed E-state index contributed by atoms with van der Waals surface area (Å²) < 4.78 is 25.9. The van der Waals surface area contributed by atoms with E-state index in [4.69, 9.17) is 9.47 Å². The standard InChI is InChI=1S/C35H33BrFNO4/c1-41-31-20-24(19-26(36)35(31)42-21-23-13-15-25(37)16-14-23)32-33-27(9-5-11-29(33)39)38(18-17-22-7-3-2-4-8-22)28-10-6-12-30(40)34(28)32/h2-4,7-8,13-16,19-20,32H,5-6,9-12,17-18,21H2,1H3. The highest BCUT2D eigenvalue weighted by molar-refractivity contribution is 9.10. The molecule has 0 aromatic heterocycles. The van der Waals surface area contributed by atoms with Crippen molar-refractivity contribution in [2.45, 2.75) is 57.5 Å². The number of methoxy groups -OCH3 is 1. The van der Waals surface area contributed by atoms with Gasteiger partial charge in [0.15, 0.2) is 23.1 Å². The van der Waals surface area contributed by atoms with E-state index in [1.807, 2.05) is 30.3 Å². The van der Waals surface area contributed by atoms with Crippen molar-refractivity contribution in [1.82, 2.24) is 4.90 Å². The quantitative estimate of drug-likeness (QED) is 0.254. The summed E-state index contributed by atoms with van der Waals surface area (Å²) in [4.78, 5) is 29.7. The van der Waals surface area contributed by atoms with E-state index in [1.165, 1.54) is 17.7 Å². The average molecular weight is 631 g/mol. The maximum atomic E-state index is 13.7. The molecule has 1 heterocycles. The first-order chi connectivity index (χ1) is 20.4. The number of benzene rings is 3. The van der Waals surface area contributed by atoms with Crippen LogP contribution in [0.1, 0.15) is 61.1 Å². The van der Waals surface area contributed by atoms with Gasteiger partial charge in [-0.25, -0.2) is 4.39 Å². The summed E-state index contributed by atoms with van der Waals surface area (Å²) in [5, 5.41) is 0. The van der Waals surface area contributed by atoms with Gasteiger partial charge >= 0.3 is 0 Å². The predicted octanol–water partition coefficient (Wildman–Crippen LogP) is 7.83. The molecule has 6 rings (SSSR count). The van der Waals surface area contributed by atoms with Crippen LogP contribution in [-0.4, -0.2) is 30.1 Å². The van der Waals surface area contributed by atoms with Crippen LogP contribution in [0.4, 0.5) is 4.39 Å². The molecule has 0 spiro atoms. The van der Waals surface area contributed by atoms with E-state index in [0.717, 1.165) is 72.3 Å². The number of hydrogen-bond acceptors (Lipinski definition) is 5. The highest BCUT2D eigenvalue weighted by atomic mass is 79.9. The van der Waals surface area contributed by atoms with Gasteiger partial charge in [0.25, 0.3) is 0 Å². The lowest BCUT2D eigenvalue weighted by Gasteiger charge is -2.44. The van der Waals surface area contributed by atoms with Crippen LogP contribution in [0, 0.1) is 5.82 Å². The van der Waals surface area contributed by atoms with Crippen molar-refractivity contribution in [3.63, 3.8) is 0 Å². The summed E-state index contributed by atoms with van der Waals surface area (Å²) in [5.74, 6) is 0.498.